The Kier molecular flexibility index (Phi) is 2.18. The van der Waals surface area contributed by atoms with Gasteiger partial charge in [-0.25, -0.2) is 4.98 Å². The van der Waals surface area contributed by atoms with Crippen molar-refractivity contribution in [3.63, 3.8) is 0 Å². The molecule has 2 heterocycles. The standard InChI is InChI=1S/C10H12N4/c1-14-7-8(6-13-14)5-9-3-2-4-12-10(9)11/h2-4,6-7H,5H2,1H3,(H2,11,12). The number of aromatic nitrogens is 3. The van der Waals surface area contributed by atoms with Gasteiger partial charge in [-0.15, -0.1) is 0 Å². The van der Waals surface area contributed by atoms with E-state index in [4.69, 9.17) is 5.73 Å². The van der Waals surface area contributed by atoms with Gasteiger partial charge in [0.2, 0.25) is 0 Å². The van der Waals surface area contributed by atoms with Gasteiger partial charge in [0.05, 0.1) is 6.20 Å². The molecule has 0 aliphatic rings. The summed E-state index contributed by atoms with van der Waals surface area (Å²) in [7, 11) is 1.90. The molecule has 0 aliphatic carbocycles. The molecule has 72 valence electrons. The number of aryl methyl sites for hydroxylation is 1. The summed E-state index contributed by atoms with van der Waals surface area (Å²) in [5.41, 5.74) is 7.92. The third-order valence-corrected chi connectivity index (χ3v) is 2.08. The molecule has 2 aromatic heterocycles. The van der Waals surface area contributed by atoms with Crippen molar-refractivity contribution in [1.29, 1.82) is 0 Å². The predicted molar refractivity (Wildman–Crippen MR) is 54.7 cm³/mol. The Balaban J connectivity index is 2.23. The molecule has 0 bridgehead atoms. The predicted octanol–water partition coefficient (Wildman–Crippen LogP) is 0.988. The highest BCUT2D eigenvalue weighted by atomic mass is 15.2. The number of pyridine rings is 1. The first-order chi connectivity index (χ1) is 6.75. The molecule has 0 saturated heterocycles. The van der Waals surface area contributed by atoms with Crippen LogP contribution in [0.15, 0.2) is 30.7 Å². The van der Waals surface area contributed by atoms with Crippen LogP contribution in [0, 0.1) is 0 Å². The van der Waals surface area contributed by atoms with Gasteiger partial charge in [-0.1, -0.05) is 6.07 Å². The quantitative estimate of drug-likeness (QED) is 0.764. The van der Waals surface area contributed by atoms with Crippen LogP contribution in [0.25, 0.3) is 0 Å². The fourth-order valence-corrected chi connectivity index (χ4v) is 1.38. The molecule has 0 saturated carbocycles. The Hall–Kier alpha value is -1.84. The maximum absolute atomic E-state index is 5.74. The highest BCUT2D eigenvalue weighted by molar-refractivity contribution is 5.41. The number of nitrogens with zero attached hydrogens (tertiary/aromatic N) is 3. The fraction of sp³-hybridized carbons (Fsp3) is 0.200. The third kappa shape index (κ3) is 1.74. The molecule has 0 fully saturated rings. The van der Waals surface area contributed by atoms with E-state index in [0.717, 1.165) is 17.5 Å². The van der Waals surface area contributed by atoms with Crippen molar-refractivity contribution in [2.75, 3.05) is 5.73 Å². The summed E-state index contributed by atoms with van der Waals surface area (Å²) in [5.74, 6) is 0.594. The summed E-state index contributed by atoms with van der Waals surface area (Å²) in [5, 5.41) is 4.10. The van der Waals surface area contributed by atoms with Crippen molar-refractivity contribution in [2.45, 2.75) is 6.42 Å². The van der Waals surface area contributed by atoms with Crippen LogP contribution in [0.1, 0.15) is 11.1 Å². The van der Waals surface area contributed by atoms with Gasteiger partial charge in [-0.2, -0.15) is 5.10 Å². The number of anilines is 1. The molecule has 0 unspecified atom stereocenters. The summed E-state index contributed by atoms with van der Waals surface area (Å²) in [6, 6.07) is 3.87. The molecule has 0 amide bonds. The molecular formula is C10H12N4. The Morgan fingerprint density at radius 3 is 3.00 bits per heavy atom. The zero-order chi connectivity index (χ0) is 9.97. The van der Waals surface area contributed by atoms with Gasteiger partial charge in [-0.05, 0) is 17.2 Å². The van der Waals surface area contributed by atoms with Crippen molar-refractivity contribution in [1.82, 2.24) is 14.8 Å². The van der Waals surface area contributed by atoms with Crippen molar-refractivity contribution >= 4 is 5.82 Å². The minimum atomic E-state index is 0.594. The molecule has 2 N–H and O–H groups in total. The maximum atomic E-state index is 5.74. The Morgan fingerprint density at radius 1 is 1.50 bits per heavy atom. The van der Waals surface area contributed by atoms with E-state index < -0.39 is 0 Å². The van der Waals surface area contributed by atoms with Gasteiger partial charge < -0.3 is 5.73 Å². The van der Waals surface area contributed by atoms with Crippen LogP contribution in [0.5, 0.6) is 0 Å². The molecule has 2 rings (SSSR count). The number of hydrogen-bond acceptors (Lipinski definition) is 3. The summed E-state index contributed by atoms with van der Waals surface area (Å²) in [4.78, 5) is 4.03. The van der Waals surface area contributed by atoms with E-state index in [9.17, 15) is 0 Å². The van der Waals surface area contributed by atoms with Gasteiger partial charge in [-0.3, -0.25) is 4.68 Å². The molecule has 0 aromatic carbocycles. The molecule has 0 atom stereocenters. The zero-order valence-electron chi connectivity index (χ0n) is 8.01. The third-order valence-electron chi connectivity index (χ3n) is 2.08. The summed E-state index contributed by atoms with van der Waals surface area (Å²) < 4.78 is 1.78. The Morgan fingerprint density at radius 2 is 2.36 bits per heavy atom. The summed E-state index contributed by atoms with van der Waals surface area (Å²) >= 11 is 0. The monoisotopic (exact) mass is 188 g/mol. The van der Waals surface area contributed by atoms with E-state index in [-0.39, 0.29) is 0 Å². The Bertz CT molecular complexity index is 433. The lowest BCUT2D eigenvalue weighted by atomic mass is 10.1. The smallest absolute Gasteiger partial charge is 0.126 e. The average molecular weight is 188 g/mol. The number of hydrogen-bond donors (Lipinski definition) is 1. The lowest BCUT2D eigenvalue weighted by Gasteiger charge is -2.01. The largest absolute Gasteiger partial charge is 0.383 e. The van der Waals surface area contributed by atoms with Crippen LogP contribution in [0.4, 0.5) is 5.82 Å². The fourth-order valence-electron chi connectivity index (χ4n) is 1.38. The van der Waals surface area contributed by atoms with Crippen LogP contribution < -0.4 is 5.73 Å². The molecule has 4 nitrogen and oxygen atoms in total. The minimum absolute atomic E-state index is 0.594. The lowest BCUT2D eigenvalue weighted by molar-refractivity contribution is 0.767. The normalized spacial score (nSPS) is 10.4. The van der Waals surface area contributed by atoms with E-state index in [1.54, 1.807) is 10.9 Å². The number of rotatable bonds is 2. The highest BCUT2D eigenvalue weighted by Crippen LogP contribution is 2.12. The van der Waals surface area contributed by atoms with Gasteiger partial charge in [0.15, 0.2) is 0 Å². The van der Waals surface area contributed by atoms with Crippen molar-refractivity contribution in [3.05, 3.63) is 41.9 Å². The second kappa shape index (κ2) is 3.49. The zero-order valence-corrected chi connectivity index (χ0v) is 8.01. The van der Waals surface area contributed by atoms with E-state index in [1.165, 1.54) is 0 Å². The first-order valence-electron chi connectivity index (χ1n) is 4.42. The highest BCUT2D eigenvalue weighted by Gasteiger charge is 2.02. The SMILES string of the molecule is Cn1cc(Cc2cccnc2N)cn1. The van der Waals surface area contributed by atoms with Crippen LogP contribution in [0.2, 0.25) is 0 Å². The molecule has 2 aromatic rings. The molecule has 0 spiro atoms. The lowest BCUT2D eigenvalue weighted by Crippen LogP contribution is -1.97. The van der Waals surface area contributed by atoms with Crippen LogP contribution >= 0.6 is 0 Å². The first-order valence-corrected chi connectivity index (χ1v) is 4.42. The summed E-state index contributed by atoms with van der Waals surface area (Å²) in [6.45, 7) is 0. The average Bonchev–Trinajstić information content (AvgIpc) is 2.56. The van der Waals surface area contributed by atoms with Crippen LogP contribution in [-0.4, -0.2) is 14.8 Å². The van der Waals surface area contributed by atoms with Gasteiger partial charge in [0.1, 0.15) is 5.82 Å². The van der Waals surface area contributed by atoms with Crippen molar-refractivity contribution in [2.24, 2.45) is 7.05 Å². The summed E-state index contributed by atoms with van der Waals surface area (Å²) in [6.07, 6.45) is 6.30. The molecular weight excluding hydrogens is 176 g/mol. The van der Waals surface area contributed by atoms with Gasteiger partial charge >= 0.3 is 0 Å². The number of nitrogen functional groups attached to an aromatic ring is 1. The first kappa shape index (κ1) is 8.74. The molecule has 14 heavy (non-hydrogen) atoms. The van der Waals surface area contributed by atoms with Crippen LogP contribution in [-0.2, 0) is 13.5 Å². The second-order valence-electron chi connectivity index (χ2n) is 3.25. The van der Waals surface area contributed by atoms with Crippen LogP contribution in [0.3, 0.4) is 0 Å². The van der Waals surface area contributed by atoms with E-state index in [0.29, 0.717) is 5.82 Å². The van der Waals surface area contributed by atoms with E-state index in [2.05, 4.69) is 10.1 Å². The van der Waals surface area contributed by atoms with Gasteiger partial charge in [0, 0.05) is 25.9 Å². The van der Waals surface area contributed by atoms with Crippen molar-refractivity contribution < 1.29 is 0 Å². The van der Waals surface area contributed by atoms with Gasteiger partial charge in [0.25, 0.3) is 0 Å². The Labute approximate surface area is 82.4 Å². The minimum Gasteiger partial charge on any atom is -0.383 e. The second-order valence-corrected chi connectivity index (χ2v) is 3.25. The maximum Gasteiger partial charge on any atom is 0.126 e. The molecule has 4 heteroatoms. The molecule has 0 radical (unpaired) electrons. The number of nitrogens with two attached hydrogens (primary N) is 1. The molecule has 0 aliphatic heterocycles. The van der Waals surface area contributed by atoms with E-state index >= 15 is 0 Å². The topological polar surface area (TPSA) is 56.7 Å². The van der Waals surface area contributed by atoms with Crippen molar-refractivity contribution in [3.8, 4) is 0 Å². The van der Waals surface area contributed by atoms with E-state index in [1.807, 2.05) is 31.6 Å².